The van der Waals surface area contributed by atoms with Crippen molar-refractivity contribution in [2.24, 2.45) is 0 Å². The largest absolute Gasteiger partial charge is 0.342 e. The first-order valence-corrected chi connectivity index (χ1v) is 12.5. The third-order valence-corrected chi connectivity index (χ3v) is 7.23. The highest BCUT2D eigenvalue weighted by molar-refractivity contribution is 5.97. The van der Waals surface area contributed by atoms with Crippen LogP contribution < -0.4 is 10.2 Å². The van der Waals surface area contributed by atoms with Crippen LogP contribution in [-0.2, 0) is 9.59 Å². The maximum Gasteiger partial charge on any atom is 0.321 e. The molecule has 1 N–H and O–H groups in total. The Morgan fingerprint density at radius 3 is 2.22 bits per heavy atom. The van der Waals surface area contributed by atoms with Crippen LogP contribution in [0.4, 0.5) is 21.9 Å². The smallest absolute Gasteiger partial charge is 0.321 e. The molecule has 196 valence electrons. The minimum Gasteiger partial charge on any atom is -0.342 e. The number of likely N-dealkylation sites (tertiary alicyclic amines) is 1. The molecule has 11 nitrogen and oxygen atoms in total. The highest BCUT2D eigenvalue weighted by Gasteiger charge is 2.54. The third-order valence-electron chi connectivity index (χ3n) is 7.23. The van der Waals surface area contributed by atoms with Gasteiger partial charge in [0.05, 0.1) is 11.6 Å². The number of nitro benzene ring substituents is 1. The lowest BCUT2D eigenvalue weighted by atomic mass is 9.85. The summed E-state index contributed by atoms with van der Waals surface area (Å²) in [6.07, 6.45) is 0.842. The van der Waals surface area contributed by atoms with Gasteiger partial charge >= 0.3 is 6.03 Å². The molecule has 2 aromatic carbocycles. The molecule has 0 radical (unpaired) electrons. The van der Waals surface area contributed by atoms with Gasteiger partial charge in [0.15, 0.2) is 0 Å². The van der Waals surface area contributed by atoms with Gasteiger partial charge in [-0.05, 0) is 51.0 Å². The fourth-order valence-corrected chi connectivity index (χ4v) is 5.11. The number of carbonyl (C=O) groups excluding carboxylic acids is 3. The van der Waals surface area contributed by atoms with E-state index in [0.717, 1.165) is 5.69 Å². The van der Waals surface area contributed by atoms with Gasteiger partial charge < -0.3 is 24.9 Å². The molecule has 2 fully saturated rings. The van der Waals surface area contributed by atoms with E-state index in [9.17, 15) is 24.5 Å². The first kappa shape index (κ1) is 25.9. The Bertz CT molecular complexity index is 1140. The molecule has 0 unspecified atom stereocenters. The minimum atomic E-state index is -0.838. The van der Waals surface area contributed by atoms with Crippen LogP contribution in [0, 0.1) is 10.1 Å². The van der Waals surface area contributed by atoms with Gasteiger partial charge in [0.1, 0.15) is 12.1 Å². The lowest BCUT2D eigenvalue weighted by Crippen LogP contribution is -2.58. The molecule has 0 bridgehead atoms. The van der Waals surface area contributed by atoms with Crippen molar-refractivity contribution in [3.63, 3.8) is 0 Å². The summed E-state index contributed by atoms with van der Waals surface area (Å²) in [7, 11) is 0. The van der Waals surface area contributed by atoms with Gasteiger partial charge in [0.25, 0.3) is 11.6 Å². The fourth-order valence-electron chi connectivity index (χ4n) is 5.11. The van der Waals surface area contributed by atoms with Gasteiger partial charge in [-0.25, -0.2) is 4.79 Å². The number of urea groups is 1. The topological polar surface area (TPSA) is 119 Å². The van der Waals surface area contributed by atoms with Crippen molar-refractivity contribution in [2.45, 2.75) is 32.2 Å². The third kappa shape index (κ3) is 5.20. The molecule has 4 amide bonds. The average Bonchev–Trinajstić information content (AvgIpc) is 3.16. The number of likely N-dealkylation sites (N-methyl/N-ethyl adjacent to an activating group) is 1. The van der Waals surface area contributed by atoms with Crippen LogP contribution in [0.5, 0.6) is 0 Å². The van der Waals surface area contributed by atoms with Crippen molar-refractivity contribution in [1.82, 2.24) is 14.7 Å². The van der Waals surface area contributed by atoms with Crippen molar-refractivity contribution in [1.29, 1.82) is 0 Å². The molecular weight excluding hydrogens is 476 g/mol. The van der Waals surface area contributed by atoms with E-state index in [2.05, 4.69) is 10.2 Å². The maximum absolute atomic E-state index is 13.8. The second-order valence-corrected chi connectivity index (χ2v) is 9.23. The predicted octanol–water partition coefficient (Wildman–Crippen LogP) is 3.14. The van der Waals surface area contributed by atoms with E-state index < -0.39 is 10.5 Å². The van der Waals surface area contributed by atoms with Crippen molar-refractivity contribution >= 4 is 34.9 Å². The van der Waals surface area contributed by atoms with Gasteiger partial charge in [-0.1, -0.05) is 18.2 Å². The van der Waals surface area contributed by atoms with Gasteiger partial charge in [0.2, 0.25) is 5.91 Å². The monoisotopic (exact) mass is 508 g/mol. The number of para-hydroxylation sites is 1. The quantitative estimate of drug-likeness (QED) is 0.453. The molecule has 1 spiro atoms. The second-order valence-electron chi connectivity index (χ2n) is 9.23. The molecule has 0 aromatic heterocycles. The normalized spacial score (nSPS) is 16.7. The summed E-state index contributed by atoms with van der Waals surface area (Å²) in [6.45, 7) is 6.05. The molecule has 0 saturated carbocycles. The van der Waals surface area contributed by atoms with E-state index in [1.165, 1.54) is 24.3 Å². The Morgan fingerprint density at radius 1 is 1.03 bits per heavy atom. The zero-order valence-corrected chi connectivity index (χ0v) is 21.1. The van der Waals surface area contributed by atoms with Crippen LogP contribution >= 0.6 is 0 Å². The van der Waals surface area contributed by atoms with Crippen molar-refractivity contribution < 1.29 is 19.3 Å². The van der Waals surface area contributed by atoms with Crippen LogP contribution in [0.15, 0.2) is 54.6 Å². The lowest BCUT2D eigenvalue weighted by Gasteiger charge is -2.43. The van der Waals surface area contributed by atoms with Gasteiger partial charge in [-0.15, -0.1) is 0 Å². The van der Waals surface area contributed by atoms with E-state index in [1.54, 1.807) is 14.7 Å². The molecule has 37 heavy (non-hydrogen) atoms. The van der Waals surface area contributed by atoms with Crippen LogP contribution in [-0.4, -0.2) is 82.4 Å². The van der Waals surface area contributed by atoms with E-state index in [1.807, 2.05) is 44.2 Å². The molecule has 2 aromatic rings. The number of piperidine rings is 1. The summed E-state index contributed by atoms with van der Waals surface area (Å²) in [5.41, 5.74) is 0.467. The van der Waals surface area contributed by atoms with Crippen LogP contribution in [0.1, 0.15) is 26.7 Å². The number of nitro groups is 1. The predicted molar refractivity (Wildman–Crippen MR) is 139 cm³/mol. The highest BCUT2D eigenvalue weighted by atomic mass is 16.6. The second kappa shape index (κ2) is 10.9. The molecule has 2 heterocycles. The first-order valence-electron chi connectivity index (χ1n) is 12.5. The lowest BCUT2D eigenvalue weighted by molar-refractivity contribution is -0.384. The van der Waals surface area contributed by atoms with Crippen LogP contribution in [0.25, 0.3) is 0 Å². The molecule has 11 heteroatoms. The van der Waals surface area contributed by atoms with Gasteiger partial charge in [-0.3, -0.25) is 19.7 Å². The summed E-state index contributed by atoms with van der Waals surface area (Å²) in [4.78, 5) is 56.9. The molecule has 2 aliphatic rings. The minimum absolute atomic E-state index is 0.0238. The van der Waals surface area contributed by atoms with Crippen LogP contribution in [0.2, 0.25) is 0 Å². The maximum atomic E-state index is 13.8. The number of benzene rings is 2. The molecule has 2 aliphatic heterocycles. The standard InChI is InChI=1S/C26H32N6O5/c1-3-28(4-2)23(33)18-30-19-31(21-8-6-5-7-9-21)26(24(30)34)14-16-29(17-15-26)25(35)27-20-10-12-22(13-11-20)32(36)37/h5-13H,3-4,14-19H2,1-2H3,(H,27,35). The first-order chi connectivity index (χ1) is 17.8. The van der Waals surface area contributed by atoms with E-state index in [4.69, 9.17) is 0 Å². The van der Waals surface area contributed by atoms with E-state index in [0.29, 0.717) is 51.4 Å². The summed E-state index contributed by atoms with van der Waals surface area (Å²) in [5.74, 6) is -0.171. The Kier molecular flexibility index (Phi) is 7.61. The Hall–Kier alpha value is -4.15. The number of anilines is 2. The highest BCUT2D eigenvalue weighted by Crippen LogP contribution is 2.39. The number of non-ortho nitro benzene ring substituents is 1. The van der Waals surface area contributed by atoms with Crippen molar-refractivity contribution in [3.05, 3.63) is 64.7 Å². The molecule has 0 atom stereocenters. The van der Waals surface area contributed by atoms with Gasteiger partial charge in [0, 0.05) is 49.7 Å². The van der Waals surface area contributed by atoms with Crippen LogP contribution in [0.3, 0.4) is 0 Å². The fraction of sp³-hybridized carbons (Fsp3) is 0.423. The Morgan fingerprint density at radius 2 is 1.65 bits per heavy atom. The number of nitrogens with one attached hydrogen (secondary N) is 1. The number of nitrogens with zero attached hydrogens (tertiary/aromatic N) is 5. The molecule has 0 aliphatic carbocycles. The van der Waals surface area contributed by atoms with E-state index in [-0.39, 0.29) is 30.1 Å². The Labute approximate surface area is 215 Å². The zero-order valence-electron chi connectivity index (χ0n) is 21.1. The Balaban J connectivity index is 1.48. The number of rotatable bonds is 7. The number of hydrogen-bond donors (Lipinski definition) is 1. The van der Waals surface area contributed by atoms with Crippen molar-refractivity contribution in [3.8, 4) is 0 Å². The molecular formula is C26H32N6O5. The summed E-state index contributed by atoms with van der Waals surface area (Å²) in [5, 5.41) is 13.6. The zero-order chi connectivity index (χ0) is 26.6. The van der Waals surface area contributed by atoms with Crippen molar-refractivity contribution in [2.75, 3.05) is 49.6 Å². The molecule has 4 rings (SSSR count). The summed E-state index contributed by atoms with van der Waals surface area (Å²) < 4.78 is 0. The summed E-state index contributed by atoms with van der Waals surface area (Å²) >= 11 is 0. The SMILES string of the molecule is CCN(CC)C(=O)CN1CN(c2ccccc2)C2(CCN(C(=O)Nc3ccc([N+](=O)[O-])cc3)CC2)C1=O. The molecule has 2 saturated heterocycles. The number of carbonyl (C=O) groups is 3. The van der Waals surface area contributed by atoms with E-state index >= 15 is 0 Å². The van der Waals surface area contributed by atoms with Gasteiger partial charge in [-0.2, -0.15) is 0 Å². The number of hydrogen-bond acceptors (Lipinski definition) is 6. The summed E-state index contributed by atoms with van der Waals surface area (Å²) in [6, 6.07) is 15.0. The average molecular weight is 509 g/mol. The number of amides is 4.